The summed E-state index contributed by atoms with van der Waals surface area (Å²) in [6, 6.07) is 10.3. The van der Waals surface area contributed by atoms with Crippen molar-refractivity contribution in [1.82, 2.24) is 15.1 Å². The number of piperazine rings is 1. The number of nitrogens with zero attached hydrogens (tertiary/aromatic N) is 2. The van der Waals surface area contributed by atoms with E-state index in [2.05, 4.69) is 22.3 Å². The van der Waals surface area contributed by atoms with E-state index in [1.165, 1.54) is 5.56 Å². The summed E-state index contributed by atoms with van der Waals surface area (Å²) in [7, 11) is 0. The van der Waals surface area contributed by atoms with Gasteiger partial charge in [-0.1, -0.05) is 30.3 Å². The molecule has 0 bridgehead atoms. The predicted molar refractivity (Wildman–Crippen MR) is 81.6 cm³/mol. The molecule has 0 spiro atoms. The Morgan fingerprint density at radius 2 is 1.71 bits per heavy atom. The van der Waals surface area contributed by atoms with Crippen LogP contribution in [0, 0.1) is 0 Å². The highest BCUT2D eigenvalue weighted by Gasteiger charge is 2.26. The molecular weight excluding hydrogens is 266 g/mol. The van der Waals surface area contributed by atoms with Gasteiger partial charge in [-0.25, -0.2) is 0 Å². The molecule has 1 fully saturated rings. The smallest absolute Gasteiger partial charge is 0.311 e. The zero-order chi connectivity index (χ0) is 15.2. The van der Waals surface area contributed by atoms with Gasteiger partial charge in [-0.15, -0.1) is 0 Å². The lowest BCUT2D eigenvalue weighted by molar-refractivity contribution is -0.147. The van der Waals surface area contributed by atoms with Crippen LogP contribution >= 0.6 is 0 Å². The van der Waals surface area contributed by atoms with Gasteiger partial charge in [0, 0.05) is 38.8 Å². The lowest BCUT2D eigenvalue weighted by atomic mass is 10.2. The van der Waals surface area contributed by atoms with Crippen molar-refractivity contribution in [1.29, 1.82) is 0 Å². The van der Waals surface area contributed by atoms with Crippen molar-refractivity contribution in [3.63, 3.8) is 0 Å². The molecule has 5 nitrogen and oxygen atoms in total. The summed E-state index contributed by atoms with van der Waals surface area (Å²) in [6.45, 7) is 7.41. The molecule has 5 heteroatoms. The second-order valence-electron chi connectivity index (χ2n) is 5.68. The van der Waals surface area contributed by atoms with E-state index >= 15 is 0 Å². The molecular formula is C16H23N3O2. The Labute approximate surface area is 125 Å². The van der Waals surface area contributed by atoms with Crippen LogP contribution in [0.2, 0.25) is 0 Å². The van der Waals surface area contributed by atoms with Crippen molar-refractivity contribution < 1.29 is 9.59 Å². The molecule has 2 rings (SSSR count). The normalized spacial score (nSPS) is 16.0. The molecule has 2 amide bonds. The Morgan fingerprint density at radius 1 is 1.10 bits per heavy atom. The molecule has 1 aromatic rings. The lowest BCUT2D eigenvalue weighted by Gasteiger charge is -2.34. The summed E-state index contributed by atoms with van der Waals surface area (Å²) in [5.41, 5.74) is 1.27. The third-order valence-electron chi connectivity index (χ3n) is 3.52. The standard InChI is InChI=1S/C16H23N3O2/c1-13(2)17-15(20)16(21)19-10-8-18(9-11-19)12-14-6-4-3-5-7-14/h3-7,13H,8-12H2,1-2H3,(H,17,20). The van der Waals surface area contributed by atoms with Gasteiger partial charge in [0.2, 0.25) is 0 Å². The number of benzene rings is 1. The molecule has 0 atom stereocenters. The van der Waals surface area contributed by atoms with Crippen LogP contribution in [-0.4, -0.2) is 53.8 Å². The molecule has 0 unspecified atom stereocenters. The maximum absolute atomic E-state index is 12.0. The van der Waals surface area contributed by atoms with E-state index in [0.29, 0.717) is 13.1 Å². The number of carbonyl (C=O) groups excluding carboxylic acids is 2. The minimum absolute atomic E-state index is 0.0131. The highest BCUT2D eigenvalue weighted by molar-refractivity contribution is 6.35. The first-order valence-corrected chi connectivity index (χ1v) is 7.42. The summed E-state index contributed by atoms with van der Waals surface area (Å²) in [4.78, 5) is 27.6. The quantitative estimate of drug-likeness (QED) is 0.840. The molecule has 0 aromatic heterocycles. The van der Waals surface area contributed by atoms with Gasteiger partial charge < -0.3 is 10.2 Å². The van der Waals surface area contributed by atoms with E-state index in [9.17, 15) is 9.59 Å². The third-order valence-corrected chi connectivity index (χ3v) is 3.52. The minimum atomic E-state index is -0.499. The summed E-state index contributed by atoms with van der Waals surface area (Å²) >= 11 is 0. The predicted octanol–water partition coefficient (Wildman–Crippen LogP) is 0.855. The van der Waals surface area contributed by atoms with Gasteiger partial charge in [-0.05, 0) is 19.4 Å². The topological polar surface area (TPSA) is 52.7 Å². The average molecular weight is 289 g/mol. The molecule has 114 valence electrons. The third kappa shape index (κ3) is 4.56. The van der Waals surface area contributed by atoms with E-state index in [-0.39, 0.29) is 6.04 Å². The van der Waals surface area contributed by atoms with Crippen LogP contribution in [0.15, 0.2) is 30.3 Å². The molecule has 0 aliphatic carbocycles. The number of rotatable bonds is 3. The Morgan fingerprint density at radius 3 is 2.29 bits per heavy atom. The van der Waals surface area contributed by atoms with Gasteiger partial charge in [0.15, 0.2) is 0 Å². The lowest BCUT2D eigenvalue weighted by Crippen LogP contribution is -2.53. The first-order valence-electron chi connectivity index (χ1n) is 7.42. The minimum Gasteiger partial charge on any atom is -0.346 e. The van der Waals surface area contributed by atoms with E-state index < -0.39 is 11.8 Å². The van der Waals surface area contributed by atoms with Crippen molar-refractivity contribution in [2.24, 2.45) is 0 Å². The second-order valence-corrected chi connectivity index (χ2v) is 5.68. The average Bonchev–Trinajstić information content (AvgIpc) is 2.47. The largest absolute Gasteiger partial charge is 0.346 e. The Hall–Kier alpha value is -1.88. The molecule has 1 aliphatic rings. The highest BCUT2D eigenvalue weighted by Crippen LogP contribution is 2.08. The first-order chi connectivity index (χ1) is 10.1. The number of carbonyl (C=O) groups is 2. The highest BCUT2D eigenvalue weighted by atomic mass is 16.2. The van der Waals surface area contributed by atoms with Crippen molar-refractivity contribution in [2.75, 3.05) is 26.2 Å². The molecule has 0 radical (unpaired) electrons. The zero-order valence-corrected chi connectivity index (χ0v) is 12.7. The van der Waals surface area contributed by atoms with Crippen LogP contribution in [0.3, 0.4) is 0 Å². The van der Waals surface area contributed by atoms with Gasteiger partial charge in [-0.2, -0.15) is 0 Å². The molecule has 1 saturated heterocycles. The van der Waals surface area contributed by atoms with Crippen molar-refractivity contribution in [2.45, 2.75) is 26.4 Å². The van der Waals surface area contributed by atoms with Crippen molar-refractivity contribution in [3.8, 4) is 0 Å². The summed E-state index contributed by atoms with van der Waals surface area (Å²) in [6.07, 6.45) is 0. The van der Waals surface area contributed by atoms with E-state index in [4.69, 9.17) is 0 Å². The zero-order valence-electron chi connectivity index (χ0n) is 12.7. The van der Waals surface area contributed by atoms with Crippen LogP contribution in [0.5, 0.6) is 0 Å². The number of hydrogen-bond donors (Lipinski definition) is 1. The van der Waals surface area contributed by atoms with Gasteiger partial charge in [0.25, 0.3) is 0 Å². The van der Waals surface area contributed by atoms with Crippen molar-refractivity contribution in [3.05, 3.63) is 35.9 Å². The van der Waals surface area contributed by atoms with Crippen LogP contribution < -0.4 is 5.32 Å². The molecule has 0 saturated carbocycles. The fourth-order valence-corrected chi connectivity index (χ4v) is 2.42. The Bertz CT molecular complexity index is 480. The van der Waals surface area contributed by atoms with Gasteiger partial charge >= 0.3 is 11.8 Å². The van der Waals surface area contributed by atoms with Gasteiger partial charge in [0.05, 0.1) is 0 Å². The van der Waals surface area contributed by atoms with E-state index in [1.54, 1.807) is 4.90 Å². The maximum atomic E-state index is 12.0. The summed E-state index contributed by atoms with van der Waals surface area (Å²) in [5.74, 6) is -0.912. The van der Waals surface area contributed by atoms with Crippen LogP contribution in [0.25, 0.3) is 0 Å². The molecule has 1 heterocycles. The number of nitrogens with one attached hydrogen (secondary N) is 1. The Kier molecular flexibility index (Phi) is 5.33. The second kappa shape index (κ2) is 7.22. The number of amides is 2. The fraction of sp³-hybridized carbons (Fsp3) is 0.500. The Balaban J connectivity index is 1.80. The molecule has 1 aliphatic heterocycles. The SMILES string of the molecule is CC(C)NC(=O)C(=O)N1CCN(Cc2ccccc2)CC1. The van der Waals surface area contributed by atoms with Crippen LogP contribution in [0.4, 0.5) is 0 Å². The van der Waals surface area contributed by atoms with Gasteiger partial charge in [0.1, 0.15) is 0 Å². The number of hydrogen-bond acceptors (Lipinski definition) is 3. The monoisotopic (exact) mass is 289 g/mol. The summed E-state index contributed by atoms with van der Waals surface area (Å²) in [5, 5.41) is 2.65. The maximum Gasteiger partial charge on any atom is 0.311 e. The molecule has 1 N–H and O–H groups in total. The van der Waals surface area contributed by atoms with E-state index in [1.807, 2.05) is 32.0 Å². The first kappa shape index (κ1) is 15.5. The van der Waals surface area contributed by atoms with Crippen LogP contribution in [0.1, 0.15) is 19.4 Å². The fourth-order valence-electron chi connectivity index (χ4n) is 2.42. The summed E-state index contributed by atoms with van der Waals surface area (Å²) < 4.78 is 0. The van der Waals surface area contributed by atoms with Crippen molar-refractivity contribution >= 4 is 11.8 Å². The van der Waals surface area contributed by atoms with Gasteiger partial charge in [-0.3, -0.25) is 14.5 Å². The van der Waals surface area contributed by atoms with Crippen LogP contribution in [-0.2, 0) is 16.1 Å². The molecule has 1 aromatic carbocycles. The van der Waals surface area contributed by atoms with E-state index in [0.717, 1.165) is 19.6 Å². The molecule has 21 heavy (non-hydrogen) atoms.